The van der Waals surface area contributed by atoms with Crippen molar-refractivity contribution in [1.82, 2.24) is 24.8 Å². The van der Waals surface area contributed by atoms with Crippen LogP contribution in [0, 0.1) is 11.6 Å². The maximum atomic E-state index is 13.6. The van der Waals surface area contributed by atoms with Crippen molar-refractivity contribution in [3.05, 3.63) is 81.8 Å². The number of aryl methyl sites for hydroxylation is 1. The topological polar surface area (TPSA) is 99.0 Å². The third-order valence-electron chi connectivity index (χ3n) is 5.18. The van der Waals surface area contributed by atoms with Crippen molar-refractivity contribution < 1.29 is 18.3 Å². The van der Waals surface area contributed by atoms with E-state index in [0.717, 1.165) is 24.1 Å². The van der Waals surface area contributed by atoms with Gasteiger partial charge in [0.15, 0.2) is 16.8 Å². The highest BCUT2D eigenvalue weighted by molar-refractivity contribution is 7.98. The molecule has 0 radical (unpaired) electrons. The molecule has 0 saturated heterocycles. The molecule has 0 unspecified atom stereocenters. The molecule has 8 nitrogen and oxygen atoms in total. The number of hydrogen-bond donors (Lipinski definition) is 1. The van der Waals surface area contributed by atoms with Crippen molar-refractivity contribution in [2.45, 2.75) is 50.1 Å². The van der Waals surface area contributed by atoms with Crippen LogP contribution in [0.15, 0.2) is 53.1 Å². The van der Waals surface area contributed by atoms with Crippen LogP contribution < -0.4 is 10.9 Å². The zero-order valence-corrected chi connectivity index (χ0v) is 20.9. The predicted molar refractivity (Wildman–Crippen MR) is 133 cm³/mol. The lowest BCUT2D eigenvalue weighted by Gasteiger charge is -2.14. The van der Waals surface area contributed by atoms with E-state index < -0.39 is 11.6 Å². The van der Waals surface area contributed by atoms with Gasteiger partial charge in [-0.1, -0.05) is 17.8 Å². The van der Waals surface area contributed by atoms with Crippen LogP contribution >= 0.6 is 11.8 Å². The van der Waals surface area contributed by atoms with E-state index in [2.05, 4.69) is 20.3 Å². The number of rotatable bonds is 14. The number of nitrogens with zero attached hydrogens (tertiary/aromatic N) is 4. The van der Waals surface area contributed by atoms with Gasteiger partial charge >= 0.3 is 0 Å². The minimum absolute atomic E-state index is 0.0573. The van der Waals surface area contributed by atoms with Crippen LogP contribution in [0.1, 0.15) is 42.9 Å². The van der Waals surface area contributed by atoms with Gasteiger partial charge in [0.1, 0.15) is 6.33 Å². The van der Waals surface area contributed by atoms with E-state index in [4.69, 9.17) is 4.74 Å². The van der Waals surface area contributed by atoms with Gasteiger partial charge in [0.25, 0.3) is 5.56 Å². The molecule has 36 heavy (non-hydrogen) atoms. The summed E-state index contributed by atoms with van der Waals surface area (Å²) >= 11 is 1.25. The van der Waals surface area contributed by atoms with Crippen molar-refractivity contribution >= 4 is 17.7 Å². The standard InChI is InChI=1S/C25H29F2N5O3S/c1-2-35-10-4-8-30-23(33)5-3-9-32-15-20(11-19-13-28-17-29-14-19)24(34)31-25(32)36-16-18-6-7-21(26)22(27)12-18/h6-7,12-15,17H,2-5,8-11,16H2,1H3,(H,30,33). The molecule has 0 spiro atoms. The summed E-state index contributed by atoms with van der Waals surface area (Å²) in [5, 5.41) is 3.31. The summed E-state index contributed by atoms with van der Waals surface area (Å²) in [6.07, 6.45) is 8.35. The second-order valence-electron chi connectivity index (χ2n) is 8.01. The largest absolute Gasteiger partial charge is 0.382 e. The van der Waals surface area contributed by atoms with Crippen molar-refractivity contribution in [1.29, 1.82) is 0 Å². The molecular formula is C25H29F2N5O3S. The maximum Gasteiger partial charge on any atom is 0.277 e. The SMILES string of the molecule is CCOCCCNC(=O)CCCn1cc(Cc2cncnc2)c(=O)nc1SCc1ccc(F)c(F)c1. The van der Waals surface area contributed by atoms with E-state index in [9.17, 15) is 18.4 Å². The van der Waals surface area contributed by atoms with Crippen LogP contribution in [0.5, 0.6) is 0 Å². The van der Waals surface area contributed by atoms with Crippen LogP contribution in [-0.2, 0) is 28.2 Å². The molecular weight excluding hydrogens is 488 g/mol. The molecule has 2 heterocycles. The number of thioether (sulfide) groups is 1. The monoisotopic (exact) mass is 517 g/mol. The van der Waals surface area contributed by atoms with Gasteiger partial charge in [-0.3, -0.25) is 9.59 Å². The second-order valence-corrected chi connectivity index (χ2v) is 8.95. The van der Waals surface area contributed by atoms with Gasteiger partial charge < -0.3 is 14.6 Å². The Kier molecular flexibility index (Phi) is 11.0. The second kappa shape index (κ2) is 14.4. The molecule has 3 rings (SSSR count). The summed E-state index contributed by atoms with van der Waals surface area (Å²) in [6.45, 7) is 4.19. The number of hydrogen-bond acceptors (Lipinski definition) is 7. The highest BCUT2D eigenvalue weighted by Crippen LogP contribution is 2.22. The zero-order chi connectivity index (χ0) is 25.8. The molecule has 0 aliphatic rings. The first-order chi connectivity index (χ1) is 17.5. The normalized spacial score (nSPS) is 11.0. The molecule has 0 saturated carbocycles. The Morgan fingerprint density at radius 3 is 2.69 bits per heavy atom. The third kappa shape index (κ3) is 8.80. The van der Waals surface area contributed by atoms with Gasteiger partial charge in [0.2, 0.25) is 5.91 Å². The van der Waals surface area contributed by atoms with Crippen LogP contribution in [0.3, 0.4) is 0 Å². The van der Waals surface area contributed by atoms with E-state index in [-0.39, 0.29) is 11.5 Å². The molecule has 0 atom stereocenters. The Hall–Kier alpha value is -3.18. The number of nitrogens with one attached hydrogen (secondary N) is 1. The molecule has 1 N–H and O–H groups in total. The minimum atomic E-state index is -0.925. The minimum Gasteiger partial charge on any atom is -0.382 e. The lowest BCUT2D eigenvalue weighted by molar-refractivity contribution is -0.121. The van der Waals surface area contributed by atoms with Crippen LogP contribution in [0.4, 0.5) is 8.78 Å². The first-order valence-electron chi connectivity index (χ1n) is 11.7. The number of aromatic nitrogens is 4. The van der Waals surface area contributed by atoms with Gasteiger partial charge in [-0.25, -0.2) is 18.7 Å². The average molecular weight is 518 g/mol. The summed E-state index contributed by atoms with van der Waals surface area (Å²) in [6, 6.07) is 3.70. The van der Waals surface area contributed by atoms with E-state index in [0.29, 0.717) is 67.6 Å². The fourth-order valence-corrected chi connectivity index (χ4v) is 4.31. The molecule has 1 aromatic carbocycles. The van der Waals surface area contributed by atoms with Gasteiger partial charge in [-0.15, -0.1) is 0 Å². The van der Waals surface area contributed by atoms with Gasteiger partial charge in [0, 0.05) is 69.1 Å². The fraction of sp³-hybridized carbons (Fsp3) is 0.400. The molecule has 1 amide bonds. The Balaban J connectivity index is 1.68. The molecule has 0 bridgehead atoms. The first-order valence-corrected chi connectivity index (χ1v) is 12.7. The Labute approximate surface area is 212 Å². The number of ether oxygens (including phenoxy) is 1. The summed E-state index contributed by atoms with van der Waals surface area (Å²) in [5.74, 6) is -1.59. The number of halogens is 2. The summed E-state index contributed by atoms with van der Waals surface area (Å²) in [7, 11) is 0. The first kappa shape index (κ1) is 27.4. The number of carbonyl (C=O) groups excluding carboxylic acids is 1. The molecule has 11 heteroatoms. The number of benzene rings is 1. The van der Waals surface area contributed by atoms with Gasteiger partial charge in [-0.05, 0) is 43.0 Å². The van der Waals surface area contributed by atoms with E-state index in [1.807, 2.05) is 11.5 Å². The molecule has 0 fully saturated rings. The Bertz CT molecular complexity index is 1190. The van der Waals surface area contributed by atoms with Crippen molar-refractivity contribution in [3.63, 3.8) is 0 Å². The molecule has 0 aliphatic carbocycles. The predicted octanol–water partition coefficient (Wildman–Crippen LogP) is 3.52. The zero-order valence-electron chi connectivity index (χ0n) is 20.1. The fourth-order valence-electron chi connectivity index (χ4n) is 3.38. The summed E-state index contributed by atoms with van der Waals surface area (Å²) in [5.41, 5.74) is 1.44. The van der Waals surface area contributed by atoms with Crippen molar-refractivity contribution in [3.8, 4) is 0 Å². The van der Waals surface area contributed by atoms with Crippen LogP contribution in [0.2, 0.25) is 0 Å². The molecule has 192 valence electrons. The van der Waals surface area contributed by atoms with Crippen molar-refractivity contribution in [2.24, 2.45) is 0 Å². The molecule has 0 aliphatic heterocycles. The maximum absolute atomic E-state index is 13.6. The summed E-state index contributed by atoms with van der Waals surface area (Å²) in [4.78, 5) is 37.1. The highest BCUT2D eigenvalue weighted by atomic mass is 32.2. The number of amides is 1. The van der Waals surface area contributed by atoms with E-state index >= 15 is 0 Å². The molecule has 2 aromatic heterocycles. The van der Waals surface area contributed by atoms with Gasteiger partial charge in [0.05, 0.1) is 0 Å². The van der Waals surface area contributed by atoms with Crippen LogP contribution in [0.25, 0.3) is 0 Å². The van der Waals surface area contributed by atoms with Gasteiger partial charge in [-0.2, -0.15) is 4.98 Å². The molecule has 3 aromatic rings. The van der Waals surface area contributed by atoms with Crippen LogP contribution in [-0.4, -0.2) is 45.2 Å². The van der Waals surface area contributed by atoms with E-state index in [1.165, 1.54) is 24.2 Å². The number of carbonyl (C=O) groups is 1. The van der Waals surface area contributed by atoms with E-state index in [1.54, 1.807) is 18.6 Å². The Morgan fingerprint density at radius 2 is 1.94 bits per heavy atom. The Morgan fingerprint density at radius 1 is 1.14 bits per heavy atom. The lowest BCUT2D eigenvalue weighted by atomic mass is 10.1. The quantitative estimate of drug-likeness (QED) is 0.198. The third-order valence-corrected chi connectivity index (χ3v) is 6.25. The smallest absolute Gasteiger partial charge is 0.277 e. The van der Waals surface area contributed by atoms with Crippen molar-refractivity contribution in [2.75, 3.05) is 19.8 Å². The average Bonchev–Trinajstić information content (AvgIpc) is 2.87. The lowest BCUT2D eigenvalue weighted by Crippen LogP contribution is -2.25. The summed E-state index contributed by atoms with van der Waals surface area (Å²) < 4.78 is 33.9. The highest BCUT2D eigenvalue weighted by Gasteiger charge is 2.12.